The van der Waals surface area contributed by atoms with Gasteiger partial charge < -0.3 is 19.9 Å². The Bertz CT molecular complexity index is 564. The van der Waals surface area contributed by atoms with Gasteiger partial charge in [0.05, 0.1) is 13.0 Å². The third-order valence-corrected chi connectivity index (χ3v) is 4.18. The van der Waals surface area contributed by atoms with Crippen molar-refractivity contribution in [3.63, 3.8) is 0 Å². The molecule has 0 aromatic heterocycles. The van der Waals surface area contributed by atoms with Crippen molar-refractivity contribution in [1.82, 2.24) is 5.32 Å². The second-order valence-corrected chi connectivity index (χ2v) is 5.87. The van der Waals surface area contributed by atoms with Gasteiger partial charge in [-0.25, -0.2) is 0 Å². The van der Waals surface area contributed by atoms with Crippen molar-refractivity contribution in [2.75, 3.05) is 13.7 Å². The van der Waals surface area contributed by atoms with E-state index in [9.17, 15) is 9.59 Å². The van der Waals surface area contributed by atoms with E-state index in [1.54, 1.807) is 19.2 Å². The van der Waals surface area contributed by atoms with E-state index in [4.69, 9.17) is 14.6 Å². The molecule has 1 aliphatic rings. The Kier molecular flexibility index (Phi) is 5.84. The first-order valence-electron chi connectivity index (χ1n) is 7.79. The van der Waals surface area contributed by atoms with Gasteiger partial charge >= 0.3 is 5.97 Å². The average molecular weight is 321 g/mol. The highest BCUT2D eigenvalue weighted by atomic mass is 16.5. The maximum atomic E-state index is 11.9. The summed E-state index contributed by atoms with van der Waals surface area (Å²) in [6, 6.07) is 5.43. The number of methoxy groups -OCH3 is 1. The molecule has 0 aliphatic heterocycles. The lowest BCUT2D eigenvalue weighted by Gasteiger charge is -2.26. The Hall–Kier alpha value is -2.24. The summed E-state index contributed by atoms with van der Waals surface area (Å²) >= 11 is 0. The van der Waals surface area contributed by atoms with E-state index in [0.29, 0.717) is 31.4 Å². The number of amides is 1. The van der Waals surface area contributed by atoms with Gasteiger partial charge in [-0.2, -0.15) is 0 Å². The number of hydrogen-bond acceptors (Lipinski definition) is 4. The van der Waals surface area contributed by atoms with Crippen molar-refractivity contribution in [1.29, 1.82) is 0 Å². The summed E-state index contributed by atoms with van der Waals surface area (Å²) in [5.74, 6) is 0.192. The highest BCUT2D eigenvalue weighted by Crippen LogP contribution is 2.25. The minimum absolute atomic E-state index is 0.0410. The fraction of sp³-hybridized carbons (Fsp3) is 0.529. The first-order chi connectivity index (χ1) is 11.0. The van der Waals surface area contributed by atoms with Gasteiger partial charge in [-0.1, -0.05) is 0 Å². The number of nitrogens with one attached hydrogen (secondary N) is 1. The molecular formula is C17H23NO5. The first-order valence-corrected chi connectivity index (χ1v) is 7.79. The third-order valence-electron chi connectivity index (χ3n) is 4.18. The lowest BCUT2D eigenvalue weighted by atomic mass is 9.86. The highest BCUT2D eigenvalue weighted by Gasteiger charge is 2.26. The SMILES string of the molecule is COc1ccc(OCC(=O)NC2CCC(C(=O)O)CC2)cc1C. The maximum absolute atomic E-state index is 11.9. The van der Waals surface area contributed by atoms with Crippen molar-refractivity contribution in [3.8, 4) is 11.5 Å². The van der Waals surface area contributed by atoms with Gasteiger partial charge in [0.25, 0.3) is 5.91 Å². The van der Waals surface area contributed by atoms with E-state index in [0.717, 1.165) is 11.3 Å². The van der Waals surface area contributed by atoms with Crippen LogP contribution in [0.2, 0.25) is 0 Å². The number of hydrogen-bond donors (Lipinski definition) is 2. The molecule has 0 atom stereocenters. The van der Waals surface area contributed by atoms with E-state index >= 15 is 0 Å². The zero-order valence-corrected chi connectivity index (χ0v) is 13.5. The summed E-state index contributed by atoms with van der Waals surface area (Å²) in [5.41, 5.74) is 0.942. The molecular weight excluding hydrogens is 298 g/mol. The Morgan fingerprint density at radius 3 is 2.52 bits per heavy atom. The minimum Gasteiger partial charge on any atom is -0.496 e. The van der Waals surface area contributed by atoms with Crippen LogP contribution in [-0.2, 0) is 9.59 Å². The number of carbonyl (C=O) groups excluding carboxylic acids is 1. The van der Waals surface area contributed by atoms with Gasteiger partial charge in [0.1, 0.15) is 11.5 Å². The maximum Gasteiger partial charge on any atom is 0.306 e. The smallest absolute Gasteiger partial charge is 0.306 e. The normalized spacial score (nSPS) is 20.6. The summed E-state index contributed by atoms with van der Waals surface area (Å²) in [7, 11) is 1.61. The van der Waals surface area contributed by atoms with E-state index < -0.39 is 5.97 Å². The number of rotatable bonds is 6. The molecule has 23 heavy (non-hydrogen) atoms. The van der Waals surface area contributed by atoms with Crippen LogP contribution in [-0.4, -0.2) is 36.7 Å². The summed E-state index contributed by atoms with van der Waals surface area (Å²) in [5, 5.41) is 11.9. The molecule has 0 unspecified atom stereocenters. The standard InChI is InChI=1S/C17H23NO5/c1-11-9-14(7-8-15(11)22-2)23-10-16(19)18-13-5-3-12(4-6-13)17(20)21/h7-9,12-13H,3-6,10H2,1-2H3,(H,18,19)(H,20,21). The molecule has 2 rings (SSSR count). The molecule has 1 amide bonds. The topological polar surface area (TPSA) is 84.9 Å². The number of carboxylic acids is 1. The van der Waals surface area contributed by atoms with Crippen LogP contribution in [0.5, 0.6) is 11.5 Å². The minimum atomic E-state index is -0.743. The van der Waals surface area contributed by atoms with Gasteiger partial charge in [-0.05, 0) is 56.4 Å². The monoisotopic (exact) mass is 321 g/mol. The fourth-order valence-electron chi connectivity index (χ4n) is 2.84. The zero-order chi connectivity index (χ0) is 16.8. The molecule has 1 fully saturated rings. The van der Waals surface area contributed by atoms with E-state index in [2.05, 4.69) is 5.32 Å². The quantitative estimate of drug-likeness (QED) is 0.838. The second-order valence-electron chi connectivity index (χ2n) is 5.87. The Balaban J connectivity index is 1.75. The molecule has 0 spiro atoms. The summed E-state index contributed by atoms with van der Waals surface area (Å²) < 4.78 is 10.7. The first kappa shape index (κ1) is 17.1. The molecule has 0 bridgehead atoms. The molecule has 1 aromatic rings. The van der Waals surface area contributed by atoms with E-state index in [1.165, 1.54) is 0 Å². The number of carbonyl (C=O) groups is 2. The van der Waals surface area contributed by atoms with E-state index in [-0.39, 0.29) is 24.5 Å². The van der Waals surface area contributed by atoms with Crippen LogP contribution in [0, 0.1) is 12.8 Å². The average Bonchev–Trinajstić information content (AvgIpc) is 2.53. The fourth-order valence-corrected chi connectivity index (χ4v) is 2.84. The molecule has 0 heterocycles. The predicted molar refractivity (Wildman–Crippen MR) is 84.8 cm³/mol. The van der Waals surface area contributed by atoms with E-state index in [1.807, 2.05) is 13.0 Å². The molecule has 1 saturated carbocycles. The Morgan fingerprint density at radius 1 is 1.26 bits per heavy atom. The van der Waals surface area contributed by atoms with Crippen molar-refractivity contribution in [3.05, 3.63) is 23.8 Å². The molecule has 1 aliphatic carbocycles. The largest absolute Gasteiger partial charge is 0.496 e. The van der Waals surface area contributed by atoms with Crippen molar-refractivity contribution in [2.24, 2.45) is 5.92 Å². The van der Waals surface area contributed by atoms with Crippen LogP contribution < -0.4 is 14.8 Å². The van der Waals surface area contributed by atoms with Crippen LogP contribution in [0.3, 0.4) is 0 Å². The Morgan fingerprint density at radius 2 is 1.96 bits per heavy atom. The van der Waals surface area contributed by atoms with Crippen LogP contribution in [0.15, 0.2) is 18.2 Å². The summed E-state index contributed by atoms with van der Waals surface area (Å²) in [4.78, 5) is 22.8. The van der Waals surface area contributed by atoms with Gasteiger partial charge in [0.15, 0.2) is 6.61 Å². The van der Waals surface area contributed by atoms with Gasteiger partial charge in [0.2, 0.25) is 0 Å². The van der Waals surface area contributed by atoms with Gasteiger partial charge in [0, 0.05) is 6.04 Å². The number of aliphatic carboxylic acids is 1. The third kappa shape index (κ3) is 4.87. The van der Waals surface area contributed by atoms with Crippen LogP contribution in [0.1, 0.15) is 31.2 Å². The lowest BCUT2D eigenvalue weighted by Crippen LogP contribution is -2.40. The molecule has 6 heteroatoms. The molecule has 0 saturated heterocycles. The van der Waals surface area contributed by atoms with Crippen LogP contribution in [0.4, 0.5) is 0 Å². The van der Waals surface area contributed by atoms with Crippen molar-refractivity contribution < 1.29 is 24.2 Å². The molecule has 126 valence electrons. The predicted octanol–water partition coefficient (Wildman–Crippen LogP) is 2.14. The number of aryl methyl sites for hydroxylation is 1. The molecule has 0 radical (unpaired) electrons. The van der Waals surface area contributed by atoms with Crippen molar-refractivity contribution in [2.45, 2.75) is 38.6 Å². The number of ether oxygens (including phenoxy) is 2. The lowest BCUT2D eigenvalue weighted by molar-refractivity contribution is -0.142. The number of benzene rings is 1. The van der Waals surface area contributed by atoms with Crippen LogP contribution in [0.25, 0.3) is 0 Å². The second kappa shape index (κ2) is 7.85. The van der Waals surface area contributed by atoms with Crippen LogP contribution >= 0.6 is 0 Å². The highest BCUT2D eigenvalue weighted by molar-refractivity contribution is 5.78. The molecule has 6 nitrogen and oxygen atoms in total. The Labute approximate surface area is 135 Å². The molecule has 1 aromatic carbocycles. The van der Waals surface area contributed by atoms with Gasteiger partial charge in [-0.3, -0.25) is 9.59 Å². The summed E-state index contributed by atoms with van der Waals surface area (Å²) in [6.45, 7) is 1.86. The molecule has 2 N–H and O–H groups in total. The van der Waals surface area contributed by atoms with Crippen molar-refractivity contribution >= 4 is 11.9 Å². The number of carboxylic acid groups (broad SMARTS) is 1. The summed E-state index contributed by atoms with van der Waals surface area (Å²) in [6.07, 6.45) is 2.62. The zero-order valence-electron chi connectivity index (χ0n) is 13.5. The van der Waals surface area contributed by atoms with Gasteiger partial charge in [-0.15, -0.1) is 0 Å².